The highest BCUT2D eigenvalue weighted by molar-refractivity contribution is 7.61. The topological polar surface area (TPSA) is 76.0 Å². The van der Waals surface area contributed by atoms with Crippen molar-refractivity contribution in [3.63, 3.8) is 0 Å². The molecule has 7 heteroatoms. The molecule has 1 unspecified atom stereocenters. The summed E-state index contributed by atoms with van der Waals surface area (Å²) < 4.78 is 53.6. The summed E-state index contributed by atoms with van der Waals surface area (Å²) in [5.74, 6) is -0.960. The number of hydrogen-bond acceptors (Lipinski definition) is 4. The lowest BCUT2D eigenvalue weighted by molar-refractivity contribution is -0.0387. The van der Waals surface area contributed by atoms with Gasteiger partial charge in [-0.05, 0) is 25.5 Å². The van der Waals surface area contributed by atoms with Gasteiger partial charge in [0.05, 0.1) is 8.85 Å². The second kappa shape index (κ2) is 7.69. The van der Waals surface area contributed by atoms with E-state index in [1.807, 2.05) is 0 Å². The molecule has 0 saturated carbocycles. The summed E-state index contributed by atoms with van der Waals surface area (Å²) in [6.07, 6.45) is -6.69. The Bertz CT molecular complexity index is 670. The number of alkyl halides is 1. The van der Waals surface area contributed by atoms with Crippen molar-refractivity contribution in [2.75, 3.05) is 6.35 Å². The number of aliphatic hydroxyl groups excluding tert-OH is 1. The van der Waals surface area contributed by atoms with E-state index in [2.05, 4.69) is 0 Å². The SMILES string of the molecule is [2H]/C(=C(/[2H])P(=O)(O)CO)[C@H]1O[C@@H](c2ccccc2)[C@H](F)[C@@H]1OC(C)C. The van der Waals surface area contributed by atoms with Crippen molar-refractivity contribution >= 4 is 7.37 Å². The standard InChI is InChI=1S/C16H22FO5P/c1-11(2)21-16-13(8-9-23(19,20)10-18)22-15(14(16)17)12-6-4-3-5-7-12/h3-9,11,13-16,18H,10H2,1-2H3,(H,19,20)/b9-8+/t13-,14+,15+,16-/m1/s1/i8D,9D. The quantitative estimate of drug-likeness (QED) is 0.775. The fourth-order valence-electron chi connectivity index (χ4n) is 2.33. The molecule has 1 heterocycles. The van der Waals surface area contributed by atoms with Gasteiger partial charge in [0.2, 0.25) is 7.37 Å². The fourth-order valence-corrected chi connectivity index (χ4v) is 2.73. The first-order valence-corrected chi connectivity index (χ1v) is 9.14. The van der Waals surface area contributed by atoms with E-state index in [-0.39, 0.29) is 6.10 Å². The van der Waals surface area contributed by atoms with E-state index < -0.39 is 50.0 Å². The van der Waals surface area contributed by atoms with Gasteiger partial charge in [0.25, 0.3) is 0 Å². The van der Waals surface area contributed by atoms with Gasteiger partial charge < -0.3 is 19.5 Å². The average Bonchev–Trinajstić information content (AvgIpc) is 2.90. The van der Waals surface area contributed by atoms with Gasteiger partial charge in [-0.25, -0.2) is 4.39 Å². The van der Waals surface area contributed by atoms with Crippen LogP contribution in [-0.4, -0.2) is 40.8 Å². The molecule has 2 N–H and O–H groups in total. The van der Waals surface area contributed by atoms with Crippen molar-refractivity contribution in [3.05, 3.63) is 47.7 Å². The van der Waals surface area contributed by atoms with Crippen LogP contribution in [-0.2, 0) is 14.0 Å². The molecule has 23 heavy (non-hydrogen) atoms. The van der Waals surface area contributed by atoms with Crippen molar-refractivity contribution in [1.82, 2.24) is 0 Å². The number of halogens is 1. The van der Waals surface area contributed by atoms with E-state index in [4.69, 9.17) is 17.3 Å². The average molecular weight is 346 g/mol. The van der Waals surface area contributed by atoms with Crippen molar-refractivity contribution in [2.24, 2.45) is 0 Å². The molecule has 2 rings (SSSR count). The van der Waals surface area contributed by atoms with Crippen LogP contribution >= 0.6 is 7.37 Å². The highest BCUT2D eigenvalue weighted by Gasteiger charge is 2.46. The fraction of sp³-hybridized carbons (Fsp3) is 0.500. The lowest BCUT2D eigenvalue weighted by Crippen LogP contribution is -2.32. The van der Waals surface area contributed by atoms with E-state index in [0.717, 1.165) is 0 Å². The van der Waals surface area contributed by atoms with Crippen LogP contribution in [0.25, 0.3) is 0 Å². The highest BCUT2D eigenvalue weighted by atomic mass is 31.2. The van der Waals surface area contributed by atoms with Crippen molar-refractivity contribution in [3.8, 4) is 0 Å². The van der Waals surface area contributed by atoms with Gasteiger partial charge in [-0.1, -0.05) is 30.3 Å². The summed E-state index contributed by atoms with van der Waals surface area (Å²) in [5.41, 5.74) is 0.545. The van der Waals surface area contributed by atoms with Crippen LogP contribution in [0.3, 0.4) is 0 Å². The van der Waals surface area contributed by atoms with Gasteiger partial charge in [-0.15, -0.1) is 0 Å². The van der Waals surface area contributed by atoms with E-state index in [1.54, 1.807) is 44.2 Å². The Morgan fingerprint density at radius 1 is 1.48 bits per heavy atom. The first-order chi connectivity index (χ1) is 11.7. The highest BCUT2D eigenvalue weighted by Crippen LogP contribution is 2.43. The summed E-state index contributed by atoms with van der Waals surface area (Å²) in [6, 6.07) is 7.89. The van der Waals surface area contributed by atoms with Crippen LogP contribution in [0, 0.1) is 0 Å². The molecule has 0 radical (unpaired) electrons. The molecule has 1 aliphatic rings. The first kappa shape index (κ1) is 15.5. The van der Waals surface area contributed by atoms with Crippen LogP contribution in [0.1, 0.15) is 28.3 Å². The minimum absolute atomic E-state index is 0.371. The number of ether oxygens (including phenoxy) is 2. The zero-order chi connectivity index (χ0) is 18.8. The van der Waals surface area contributed by atoms with Gasteiger partial charge in [0, 0.05) is 5.79 Å². The van der Waals surface area contributed by atoms with Gasteiger partial charge >= 0.3 is 0 Å². The van der Waals surface area contributed by atoms with Crippen LogP contribution < -0.4 is 0 Å². The normalized spacial score (nSPS) is 33.0. The number of benzene rings is 1. The molecule has 128 valence electrons. The molecule has 5 atom stereocenters. The minimum atomic E-state index is -4.39. The predicted octanol–water partition coefficient (Wildman–Crippen LogP) is 2.99. The lowest BCUT2D eigenvalue weighted by Gasteiger charge is -2.20. The van der Waals surface area contributed by atoms with Crippen molar-refractivity contribution < 1.29 is 31.2 Å². The van der Waals surface area contributed by atoms with Crippen LogP contribution in [0.2, 0.25) is 0 Å². The minimum Gasteiger partial charge on any atom is -0.386 e. The zero-order valence-corrected chi connectivity index (χ0v) is 13.8. The van der Waals surface area contributed by atoms with Crippen LogP contribution in [0.4, 0.5) is 4.39 Å². The summed E-state index contributed by atoms with van der Waals surface area (Å²) in [4.78, 5) is 9.59. The maximum atomic E-state index is 15.0. The molecule has 0 spiro atoms. The molecule has 5 nitrogen and oxygen atoms in total. The van der Waals surface area contributed by atoms with Crippen molar-refractivity contribution in [2.45, 2.75) is 44.4 Å². The molecule has 1 fully saturated rings. The third-order valence-corrected chi connectivity index (χ3v) is 4.19. The Morgan fingerprint density at radius 2 is 2.13 bits per heavy atom. The molecule has 1 aromatic carbocycles. The molecular weight excluding hydrogens is 322 g/mol. The Morgan fingerprint density at radius 3 is 2.70 bits per heavy atom. The third-order valence-electron chi connectivity index (χ3n) is 3.33. The Balaban J connectivity index is 2.40. The molecule has 0 bridgehead atoms. The largest absolute Gasteiger partial charge is 0.386 e. The van der Waals surface area contributed by atoms with Crippen LogP contribution in [0.15, 0.2) is 42.2 Å². The second-order valence-corrected chi connectivity index (χ2v) is 7.49. The van der Waals surface area contributed by atoms with E-state index in [1.165, 1.54) is 0 Å². The molecule has 1 aromatic rings. The Kier molecular flexibility index (Phi) is 5.18. The van der Waals surface area contributed by atoms with E-state index in [0.29, 0.717) is 5.56 Å². The van der Waals surface area contributed by atoms with E-state index >= 15 is 0 Å². The Labute approximate surface area is 138 Å². The second-order valence-electron chi connectivity index (χ2n) is 5.58. The van der Waals surface area contributed by atoms with Gasteiger partial charge in [-0.3, -0.25) is 4.57 Å². The van der Waals surface area contributed by atoms with Crippen LogP contribution in [0.5, 0.6) is 0 Å². The molecule has 0 amide bonds. The maximum absolute atomic E-state index is 15.0. The molecular formula is C16H22FO5P. The maximum Gasteiger partial charge on any atom is 0.246 e. The number of hydrogen-bond donors (Lipinski definition) is 2. The molecule has 1 aliphatic heterocycles. The monoisotopic (exact) mass is 346 g/mol. The Hall–Kier alpha value is -1.04. The van der Waals surface area contributed by atoms with Crippen molar-refractivity contribution in [1.29, 1.82) is 0 Å². The van der Waals surface area contributed by atoms with Gasteiger partial charge in [-0.2, -0.15) is 0 Å². The molecule has 1 saturated heterocycles. The number of aliphatic hydroxyl groups is 1. The summed E-state index contributed by atoms with van der Waals surface area (Å²) in [7, 11) is -4.39. The lowest BCUT2D eigenvalue weighted by atomic mass is 10.0. The van der Waals surface area contributed by atoms with Gasteiger partial charge in [0.1, 0.15) is 24.7 Å². The zero-order valence-electron chi connectivity index (χ0n) is 14.9. The van der Waals surface area contributed by atoms with E-state index in [9.17, 15) is 13.8 Å². The van der Waals surface area contributed by atoms with Gasteiger partial charge in [0.15, 0.2) is 6.17 Å². The smallest absolute Gasteiger partial charge is 0.246 e. The summed E-state index contributed by atoms with van der Waals surface area (Å²) in [5, 5.41) is 8.95. The number of rotatable bonds is 6. The predicted molar refractivity (Wildman–Crippen MR) is 85.0 cm³/mol. The first-order valence-electron chi connectivity index (χ1n) is 8.29. The summed E-state index contributed by atoms with van der Waals surface area (Å²) >= 11 is 0. The molecule has 0 aliphatic carbocycles. The third kappa shape index (κ3) is 4.72. The molecule has 0 aromatic heterocycles. The summed E-state index contributed by atoms with van der Waals surface area (Å²) in [6.45, 7) is 3.39.